The fourth-order valence-electron chi connectivity index (χ4n) is 2.80. The number of ether oxygens (including phenoxy) is 2. The van der Waals surface area contributed by atoms with Crippen LogP contribution in [0, 0.1) is 5.92 Å². The molecule has 124 valence electrons. The molecule has 1 N–H and O–H groups in total. The minimum absolute atomic E-state index is 0.288. The number of alkyl carbamates (subject to hydrolysis) is 1. The first kappa shape index (κ1) is 18.3. The standard InChI is InChI=1S/C17H33NO3/c1-3-5-9-15(4-2)14-20-12-13-21-17(19)18-16-10-7-6-8-11-16/h15-16H,3-14H2,1-2H3,(H,18,19). The van der Waals surface area contributed by atoms with Gasteiger partial charge in [-0.1, -0.05) is 52.4 Å². The Morgan fingerprint density at radius 2 is 1.95 bits per heavy atom. The number of amides is 1. The van der Waals surface area contributed by atoms with Gasteiger partial charge in [-0.3, -0.25) is 0 Å². The van der Waals surface area contributed by atoms with Gasteiger partial charge in [-0.15, -0.1) is 0 Å². The molecular weight excluding hydrogens is 266 g/mol. The average Bonchev–Trinajstić information content (AvgIpc) is 2.51. The molecule has 0 heterocycles. The van der Waals surface area contributed by atoms with Crippen molar-refractivity contribution >= 4 is 6.09 Å². The maximum atomic E-state index is 11.6. The summed E-state index contributed by atoms with van der Waals surface area (Å²) in [5, 5.41) is 2.94. The minimum atomic E-state index is -0.288. The van der Waals surface area contributed by atoms with Gasteiger partial charge in [0.05, 0.1) is 6.61 Å². The highest BCUT2D eigenvalue weighted by molar-refractivity contribution is 5.67. The van der Waals surface area contributed by atoms with Crippen molar-refractivity contribution in [1.29, 1.82) is 0 Å². The number of hydrogen-bond acceptors (Lipinski definition) is 3. The van der Waals surface area contributed by atoms with Gasteiger partial charge in [0.15, 0.2) is 0 Å². The van der Waals surface area contributed by atoms with E-state index in [1.165, 1.54) is 38.5 Å². The second-order valence-electron chi connectivity index (χ2n) is 6.11. The zero-order valence-corrected chi connectivity index (χ0v) is 13.9. The van der Waals surface area contributed by atoms with E-state index < -0.39 is 0 Å². The summed E-state index contributed by atoms with van der Waals surface area (Å²) < 4.78 is 10.8. The maximum Gasteiger partial charge on any atom is 0.407 e. The minimum Gasteiger partial charge on any atom is -0.447 e. The van der Waals surface area contributed by atoms with Crippen LogP contribution in [0.3, 0.4) is 0 Å². The molecule has 1 aliphatic rings. The van der Waals surface area contributed by atoms with Gasteiger partial charge < -0.3 is 14.8 Å². The molecule has 1 unspecified atom stereocenters. The highest BCUT2D eigenvalue weighted by atomic mass is 16.6. The molecule has 0 aromatic rings. The third-order valence-electron chi connectivity index (χ3n) is 4.28. The Morgan fingerprint density at radius 1 is 1.19 bits per heavy atom. The SMILES string of the molecule is CCCCC(CC)COCCOC(=O)NC1CCCCC1. The van der Waals surface area contributed by atoms with E-state index in [1.54, 1.807) is 0 Å². The predicted molar refractivity (Wildman–Crippen MR) is 85.5 cm³/mol. The molecule has 4 heteroatoms. The quantitative estimate of drug-likeness (QED) is 0.612. The first-order chi connectivity index (χ1) is 10.3. The van der Waals surface area contributed by atoms with E-state index in [9.17, 15) is 4.79 Å². The smallest absolute Gasteiger partial charge is 0.407 e. The molecule has 1 saturated carbocycles. The van der Waals surface area contributed by atoms with Crippen LogP contribution in [0.4, 0.5) is 4.79 Å². The Labute approximate surface area is 130 Å². The van der Waals surface area contributed by atoms with Gasteiger partial charge >= 0.3 is 6.09 Å². The van der Waals surface area contributed by atoms with Crippen LogP contribution in [-0.4, -0.2) is 32.0 Å². The number of unbranched alkanes of at least 4 members (excludes halogenated alkanes) is 1. The van der Waals surface area contributed by atoms with Crippen LogP contribution in [0.15, 0.2) is 0 Å². The van der Waals surface area contributed by atoms with Crippen LogP contribution in [0.5, 0.6) is 0 Å². The summed E-state index contributed by atoms with van der Waals surface area (Å²) in [7, 11) is 0. The summed E-state index contributed by atoms with van der Waals surface area (Å²) in [6.45, 7) is 6.05. The molecule has 0 radical (unpaired) electrons. The zero-order chi connectivity index (χ0) is 15.3. The van der Waals surface area contributed by atoms with Crippen LogP contribution in [-0.2, 0) is 9.47 Å². The number of hydrogen-bond donors (Lipinski definition) is 1. The first-order valence-corrected chi connectivity index (χ1v) is 8.77. The molecule has 0 aromatic heterocycles. The summed E-state index contributed by atoms with van der Waals surface area (Å²) in [6.07, 6.45) is 10.5. The molecule has 1 amide bonds. The zero-order valence-electron chi connectivity index (χ0n) is 13.9. The Morgan fingerprint density at radius 3 is 2.62 bits per heavy atom. The second-order valence-corrected chi connectivity index (χ2v) is 6.11. The second kappa shape index (κ2) is 11.8. The molecule has 1 fully saturated rings. The van der Waals surface area contributed by atoms with Crippen molar-refractivity contribution in [1.82, 2.24) is 5.32 Å². The van der Waals surface area contributed by atoms with Gasteiger partial charge in [0.2, 0.25) is 0 Å². The van der Waals surface area contributed by atoms with Crippen LogP contribution >= 0.6 is 0 Å². The lowest BCUT2D eigenvalue weighted by atomic mass is 9.96. The first-order valence-electron chi connectivity index (χ1n) is 8.77. The van der Waals surface area contributed by atoms with Crippen LogP contribution < -0.4 is 5.32 Å². The molecule has 0 saturated heterocycles. The Balaban J connectivity index is 1.98. The van der Waals surface area contributed by atoms with Crippen molar-refractivity contribution < 1.29 is 14.3 Å². The van der Waals surface area contributed by atoms with Gasteiger partial charge in [0, 0.05) is 12.6 Å². The Hall–Kier alpha value is -0.770. The lowest BCUT2D eigenvalue weighted by Gasteiger charge is -2.22. The molecule has 1 atom stereocenters. The highest BCUT2D eigenvalue weighted by Gasteiger charge is 2.16. The van der Waals surface area contributed by atoms with Crippen molar-refractivity contribution in [3.05, 3.63) is 0 Å². The molecule has 0 spiro atoms. The summed E-state index contributed by atoms with van der Waals surface area (Å²) in [5.41, 5.74) is 0. The molecule has 0 bridgehead atoms. The molecule has 0 aromatic carbocycles. The van der Waals surface area contributed by atoms with Crippen molar-refractivity contribution in [3.8, 4) is 0 Å². The molecule has 0 aliphatic heterocycles. The van der Waals surface area contributed by atoms with E-state index in [2.05, 4.69) is 19.2 Å². The van der Waals surface area contributed by atoms with E-state index in [1.807, 2.05) is 0 Å². The van der Waals surface area contributed by atoms with Gasteiger partial charge in [-0.05, 0) is 25.2 Å². The molecular formula is C17H33NO3. The summed E-state index contributed by atoms with van der Waals surface area (Å²) >= 11 is 0. The maximum absolute atomic E-state index is 11.6. The molecule has 1 rings (SSSR count). The highest BCUT2D eigenvalue weighted by Crippen LogP contribution is 2.17. The lowest BCUT2D eigenvalue weighted by Crippen LogP contribution is -2.37. The molecule has 1 aliphatic carbocycles. The number of nitrogens with one attached hydrogen (secondary N) is 1. The van der Waals surface area contributed by atoms with Crippen molar-refractivity contribution in [2.75, 3.05) is 19.8 Å². The van der Waals surface area contributed by atoms with E-state index in [4.69, 9.17) is 9.47 Å². The monoisotopic (exact) mass is 299 g/mol. The largest absolute Gasteiger partial charge is 0.447 e. The van der Waals surface area contributed by atoms with E-state index >= 15 is 0 Å². The molecule has 21 heavy (non-hydrogen) atoms. The number of carbonyl (C=O) groups excluding carboxylic acids is 1. The van der Waals surface area contributed by atoms with Gasteiger partial charge in [0.1, 0.15) is 6.61 Å². The normalized spacial score (nSPS) is 17.4. The van der Waals surface area contributed by atoms with Crippen molar-refractivity contribution in [2.24, 2.45) is 5.92 Å². The Bertz CT molecular complexity index is 265. The summed E-state index contributed by atoms with van der Waals surface area (Å²) in [6, 6.07) is 0.311. The number of carbonyl (C=O) groups is 1. The molecule has 4 nitrogen and oxygen atoms in total. The van der Waals surface area contributed by atoms with Crippen molar-refractivity contribution in [2.45, 2.75) is 77.7 Å². The van der Waals surface area contributed by atoms with E-state index in [0.717, 1.165) is 25.9 Å². The van der Waals surface area contributed by atoms with E-state index in [-0.39, 0.29) is 6.09 Å². The van der Waals surface area contributed by atoms with Crippen LogP contribution in [0.25, 0.3) is 0 Å². The average molecular weight is 299 g/mol. The topological polar surface area (TPSA) is 47.6 Å². The van der Waals surface area contributed by atoms with Gasteiger partial charge in [0.25, 0.3) is 0 Å². The van der Waals surface area contributed by atoms with Crippen LogP contribution in [0.2, 0.25) is 0 Å². The summed E-state index contributed by atoms with van der Waals surface area (Å²) in [4.78, 5) is 11.6. The Kier molecular flexibility index (Phi) is 10.3. The third kappa shape index (κ3) is 8.97. The predicted octanol–water partition coefficient (Wildman–Crippen LogP) is 4.28. The van der Waals surface area contributed by atoms with Crippen LogP contribution in [0.1, 0.15) is 71.6 Å². The third-order valence-corrected chi connectivity index (χ3v) is 4.28. The van der Waals surface area contributed by atoms with E-state index in [0.29, 0.717) is 25.2 Å². The lowest BCUT2D eigenvalue weighted by molar-refractivity contribution is 0.0510. The van der Waals surface area contributed by atoms with Gasteiger partial charge in [-0.25, -0.2) is 4.79 Å². The fourth-order valence-corrected chi connectivity index (χ4v) is 2.80. The summed E-state index contributed by atoms with van der Waals surface area (Å²) in [5.74, 6) is 0.640. The number of rotatable bonds is 10. The van der Waals surface area contributed by atoms with Crippen molar-refractivity contribution in [3.63, 3.8) is 0 Å². The fraction of sp³-hybridized carbons (Fsp3) is 0.941. The van der Waals surface area contributed by atoms with Gasteiger partial charge in [-0.2, -0.15) is 0 Å².